The summed E-state index contributed by atoms with van der Waals surface area (Å²) < 4.78 is 0. The monoisotopic (exact) mass is 754 g/mol. The Labute approximate surface area is 336 Å². The third-order valence-electron chi connectivity index (χ3n) is 10.5. The van der Waals surface area contributed by atoms with Crippen molar-refractivity contribution >= 4 is 5.91 Å². The number of allylic oxidation sites excluding steroid dienone is 9. The zero-order valence-corrected chi connectivity index (χ0v) is 36.0. The average molecular weight is 754 g/mol. The number of aliphatic hydroxyl groups excluding tert-OH is 2. The Morgan fingerprint density at radius 1 is 0.444 bits per heavy atom. The Bertz CT molecular complexity index is 904. The normalized spacial score (nSPS) is 13.5. The molecule has 0 saturated carbocycles. The maximum Gasteiger partial charge on any atom is 0.220 e. The minimum atomic E-state index is -0.862. The van der Waals surface area contributed by atoms with Crippen LogP contribution in [0.5, 0.6) is 0 Å². The topological polar surface area (TPSA) is 69.6 Å². The number of amides is 1. The fourth-order valence-corrected chi connectivity index (χ4v) is 6.85. The number of carbonyl (C=O) groups excluding carboxylic acids is 1. The molecule has 0 aliphatic rings. The first kappa shape index (κ1) is 52.1. The molecule has 0 aliphatic carbocycles. The molecule has 2 unspecified atom stereocenters. The van der Waals surface area contributed by atoms with Gasteiger partial charge in [0.1, 0.15) is 0 Å². The van der Waals surface area contributed by atoms with E-state index in [1.807, 2.05) is 6.08 Å². The maximum atomic E-state index is 12.4. The van der Waals surface area contributed by atoms with Gasteiger partial charge in [-0.05, 0) is 70.6 Å². The van der Waals surface area contributed by atoms with Crippen molar-refractivity contribution in [3.05, 3.63) is 60.8 Å². The third kappa shape index (κ3) is 41.3. The molecule has 0 aliphatic heterocycles. The summed E-state index contributed by atoms with van der Waals surface area (Å²) >= 11 is 0. The highest BCUT2D eigenvalue weighted by Gasteiger charge is 2.17. The van der Waals surface area contributed by atoms with Crippen LogP contribution in [0.3, 0.4) is 0 Å². The van der Waals surface area contributed by atoms with E-state index in [0.717, 1.165) is 44.9 Å². The first-order valence-electron chi connectivity index (χ1n) is 23.5. The van der Waals surface area contributed by atoms with Crippen molar-refractivity contribution in [1.82, 2.24) is 5.32 Å². The Kier molecular flexibility index (Phi) is 43.9. The quantitative estimate of drug-likeness (QED) is 0.0429. The van der Waals surface area contributed by atoms with Gasteiger partial charge in [-0.15, -0.1) is 0 Å². The number of aliphatic hydroxyl groups is 2. The largest absolute Gasteiger partial charge is 0.394 e. The lowest BCUT2D eigenvalue weighted by atomic mass is 10.0. The lowest BCUT2D eigenvalue weighted by Gasteiger charge is -2.19. The van der Waals surface area contributed by atoms with Crippen LogP contribution in [0.4, 0.5) is 0 Å². The number of hydrogen-bond donors (Lipinski definition) is 3. The van der Waals surface area contributed by atoms with Crippen LogP contribution in [0.1, 0.15) is 232 Å². The molecule has 0 aromatic carbocycles. The maximum absolute atomic E-state index is 12.4. The smallest absolute Gasteiger partial charge is 0.220 e. The lowest BCUT2D eigenvalue weighted by Crippen LogP contribution is -2.45. The first-order valence-corrected chi connectivity index (χ1v) is 23.5. The first-order chi connectivity index (χ1) is 26.7. The molecule has 4 heteroatoms. The van der Waals surface area contributed by atoms with Gasteiger partial charge in [-0.3, -0.25) is 4.79 Å². The highest BCUT2D eigenvalue weighted by atomic mass is 16.3. The molecule has 0 spiro atoms. The molecular formula is C50H91NO3. The molecule has 3 N–H and O–H groups in total. The Morgan fingerprint density at radius 2 is 0.778 bits per heavy atom. The summed E-state index contributed by atoms with van der Waals surface area (Å²) in [5.41, 5.74) is 0. The molecule has 314 valence electrons. The zero-order valence-electron chi connectivity index (χ0n) is 36.0. The fourth-order valence-electron chi connectivity index (χ4n) is 6.85. The van der Waals surface area contributed by atoms with E-state index in [1.165, 1.54) is 167 Å². The second kappa shape index (κ2) is 45.5. The molecule has 0 fully saturated rings. The Balaban J connectivity index is 3.54. The number of rotatable bonds is 42. The summed E-state index contributed by atoms with van der Waals surface area (Å²) in [5, 5.41) is 23.0. The standard InChI is InChI=1S/C50H91NO3/c1-3-5-7-9-11-13-15-17-18-19-20-21-22-23-24-25-26-27-28-29-30-31-32-34-36-38-40-42-44-46-50(54)51-48(47-52)49(53)45-43-41-39-37-35-33-16-14-12-10-8-6-4-2/h15,17,19-20,22-23,35,37,43,45,48-49,52-53H,3-14,16,18,21,24-34,36,38-42,44,46-47H2,1-2H3,(H,51,54)/b17-15-,20-19-,23-22-,37-35+,45-43+. The molecule has 0 aromatic rings. The molecule has 1 amide bonds. The molecular weight excluding hydrogens is 663 g/mol. The second-order valence-corrected chi connectivity index (χ2v) is 15.8. The summed E-state index contributed by atoms with van der Waals surface area (Å²) in [5.74, 6) is -0.0764. The molecule has 0 bridgehead atoms. The lowest BCUT2D eigenvalue weighted by molar-refractivity contribution is -0.123. The number of carbonyl (C=O) groups is 1. The van der Waals surface area contributed by atoms with Gasteiger partial charge in [0.15, 0.2) is 0 Å². The van der Waals surface area contributed by atoms with Gasteiger partial charge in [0.2, 0.25) is 5.91 Å². The summed E-state index contributed by atoms with van der Waals surface area (Å²) in [7, 11) is 0. The van der Waals surface area contributed by atoms with E-state index in [0.29, 0.717) is 6.42 Å². The van der Waals surface area contributed by atoms with Crippen LogP contribution in [-0.2, 0) is 4.79 Å². The predicted molar refractivity (Wildman–Crippen MR) is 239 cm³/mol. The number of hydrogen-bond acceptors (Lipinski definition) is 3. The molecule has 2 atom stereocenters. The van der Waals surface area contributed by atoms with Crippen LogP contribution in [0.25, 0.3) is 0 Å². The summed E-state index contributed by atoms with van der Waals surface area (Å²) in [6.45, 7) is 4.27. The fraction of sp³-hybridized carbons (Fsp3) is 0.780. The van der Waals surface area contributed by atoms with Gasteiger partial charge in [-0.2, -0.15) is 0 Å². The zero-order chi connectivity index (χ0) is 39.3. The molecule has 0 heterocycles. The average Bonchev–Trinajstić information content (AvgIpc) is 3.18. The van der Waals surface area contributed by atoms with Crippen molar-refractivity contribution in [3.63, 3.8) is 0 Å². The molecule has 0 saturated heterocycles. The number of unbranched alkanes of at least 4 members (excludes halogenated alkanes) is 27. The summed E-state index contributed by atoms with van der Waals surface area (Å²) in [6.07, 6.45) is 63.4. The van der Waals surface area contributed by atoms with E-state index in [4.69, 9.17) is 0 Å². The SMILES string of the molecule is CCCCCCC/C=C\C/C=C\C/C=C\CCCCCCCCCCCCCCCCC(=O)NC(CO)C(O)/C=C/CC/C=C/CCCCCCCCC. The van der Waals surface area contributed by atoms with Crippen molar-refractivity contribution in [2.45, 2.75) is 244 Å². The Hall–Kier alpha value is -1.91. The molecule has 0 radical (unpaired) electrons. The minimum Gasteiger partial charge on any atom is -0.394 e. The Morgan fingerprint density at radius 3 is 1.20 bits per heavy atom. The van der Waals surface area contributed by atoms with Crippen LogP contribution in [0.2, 0.25) is 0 Å². The van der Waals surface area contributed by atoms with Gasteiger partial charge in [0.25, 0.3) is 0 Å². The van der Waals surface area contributed by atoms with E-state index >= 15 is 0 Å². The van der Waals surface area contributed by atoms with Gasteiger partial charge in [0, 0.05) is 6.42 Å². The van der Waals surface area contributed by atoms with E-state index in [2.05, 4.69) is 67.8 Å². The number of nitrogens with one attached hydrogen (secondary N) is 1. The molecule has 54 heavy (non-hydrogen) atoms. The van der Waals surface area contributed by atoms with Crippen molar-refractivity contribution in [2.24, 2.45) is 0 Å². The van der Waals surface area contributed by atoms with Crippen molar-refractivity contribution in [3.8, 4) is 0 Å². The van der Waals surface area contributed by atoms with Crippen LogP contribution in [-0.4, -0.2) is 34.9 Å². The van der Waals surface area contributed by atoms with E-state index in [-0.39, 0.29) is 12.5 Å². The summed E-state index contributed by atoms with van der Waals surface area (Å²) in [6, 6.07) is -0.640. The van der Waals surface area contributed by atoms with Crippen LogP contribution >= 0.6 is 0 Å². The van der Waals surface area contributed by atoms with Crippen molar-refractivity contribution in [2.75, 3.05) is 6.61 Å². The van der Waals surface area contributed by atoms with Gasteiger partial charge < -0.3 is 15.5 Å². The van der Waals surface area contributed by atoms with E-state index in [9.17, 15) is 15.0 Å². The predicted octanol–water partition coefficient (Wildman–Crippen LogP) is 14.9. The highest BCUT2D eigenvalue weighted by molar-refractivity contribution is 5.76. The van der Waals surface area contributed by atoms with Crippen LogP contribution in [0.15, 0.2) is 60.8 Å². The van der Waals surface area contributed by atoms with Gasteiger partial charge in [0.05, 0.1) is 18.8 Å². The van der Waals surface area contributed by atoms with E-state index < -0.39 is 12.1 Å². The van der Waals surface area contributed by atoms with Gasteiger partial charge >= 0.3 is 0 Å². The van der Waals surface area contributed by atoms with Crippen LogP contribution < -0.4 is 5.32 Å². The van der Waals surface area contributed by atoms with E-state index in [1.54, 1.807) is 6.08 Å². The highest BCUT2D eigenvalue weighted by Crippen LogP contribution is 2.15. The van der Waals surface area contributed by atoms with Crippen molar-refractivity contribution < 1.29 is 15.0 Å². The van der Waals surface area contributed by atoms with Gasteiger partial charge in [-0.1, -0.05) is 216 Å². The molecule has 0 aromatic heterocycles. The van der Waals surface area contributed by atoms with Crippen molar-refractivity contribution in [1.29, 1.82) is 0 Å². The van der Waals surface area contributed by atoms with Crippen LogP contribution in [0, 0.1) is 0 Å². The third-order valence-corrected chi connectivity index (χ3v) is 10.5. The minimum absolute atomic E-state index is 0.0764. The van der Waals surface area contributed by atoms with Gasteiger partial charge in [-0.25, -0.2) is 0 Å². The second-order valence-electron chi connectivity index (χ2n) is 15.8. The molecule has 4 nitrogen and oxygen atoms in total. The molecule has 0 rings (SSSR count). The summed E-state index contributed by atoms with van der Waals surface area (Å²) in [4.78, 5) is 12.4.